The summed E-state index contributed by atoms with van der Waals surface area (Å²) in [6, 6.07) is 4.37. The lowest BCUT2D eigenvalue weighted by atomic mass is 10.2. The van der Waals surface area contributed by atoms with E-state index >= 15 is 0 Å². The van der Waals surface area contributed by atoms with E-state index < -0.39 is 22.9 Å². The third-order valence-electron chi connectivity index (χ3n) is 4.03. The first-order valence-electron chi connectivity index (χ1n) is 8.86. The fourth-order valence-corrected chi connectivity index (χ4v) is 3.79. The third-order valence-corrected chi connectivity index (χ3v) is 5.85. The van der Waals surface area contributed by atoms with Crippen LogP contribution < -0.4 is 10.6 Å². The highest BCUT2D eigenvalue weighted by atomic mass is 32.2. The van der Waals surface area contributed by atoms with Crippen molar-refractivity contribution in [3.05, 3.63) is 47.2 Å². The van der Waals surface area contributed by atoms with Gasteiger partial charge in [-0.3, -0.25) is 9.59 Å². The van der Waals surface area contributed by atoms with Gasteiger partial charge in [0.15, 0.2) is 10.3 Å². The van der Waals surface area contributed by atoms with Crippen LogP contribution in [0.5, 0.6) is 0 Å². The summed E-state index contributed by atoms with van der Waals surface area (Å²) in [5.41, 5.74) is -0.822. The number of benzene rings is 1. The normalized spacial score (nSPS) is 12.4. The lowest BCUT2D eigenvalue weighted by Gasteiger charge is -2.11. The molecule has 2 amide bonds. The number of nitrogens with one attached hydrogen (secondary N) is 2. The molecule has 3 rings (SSSR count). The molecule has 0 saturated carbocycles. The first kappa shape index (κ1) is 22.7. The Hall–Kier alpha value is -2.93. The number of nitrogens with zero attached hydrogens (tertiary/aromatic N) is 4. The molecule has 0 bridgehead atoms. The van der Waals surface area contributed by atoms with Crippen LogP contribution in [0.25, 0.3) is 0 Å². The predicted octanol–water partition coefficient (Wildman–Crippen LogP) is 3.59. The molecule has 2 heterocycles. The minimum Gasteiger partial charge on any atom is -0.326 e. The van der Waals surface area contributed by atoms with E-state index in [2.05, 4.69) is 25.8 Å². The fourth-order valence-electron chi connectivity index (χ4n) is 2.43. The zero-order valence-corrected chi connectivity index (χ0v) is 17.9. The minimum atomic E-state index is -4.50. The molecule has 3 aromatic rings. The molecular weight excluding hydrogens is 453 g/mol. The summed E-state index contributed by atoms with van der Waals surface area (Å²) in [5, 5.41) is 15.2. The second-order valence-electron chi connectivity index (χ2n) is 6.35. The standard InChI is InChI=1S/C18H17F3N6O2S2/c1-10(15(29)24-16-22-6-7-30-16)31-17-26-25-13(27(17)2)9-14(28)23-12-5-3-4-11(8-12)18(19,20)21/h3-8,10H,9H2,1-2H3,(H,23,28)(H,22,24,29). The number of thiazole rings is 1. The van der Waals surface area contributed by atoms with Crippen molar-refractivity contribution in [2.45, 2.75) is 29.9 Å². The Morgan fingerprint density at radius 2 is 2.03 bits per heavy atom. The summed E-state index contributed by atoms with van der Waals surface area (Å²) in [7, 11) is 1.64. The average molecular weight is 471 g/mol. The fraction of sp³-hybridized carbons (Fsp3) is 0.278. The summed E-state index contributed by atoms with van der Waals surface area (Å²) in [4.78, 5) is 28.5. The number of hydrogen-bond acceptors (Lipinski definition) is 7. The molecule has 1 atom stereocenters. The van der Waals surface area contributed by atoms with Gasteiger partial charge < -0.3 is 15.2 Å². The molecule has 8 nitrogen and oxygen atoms in total. The number of aromatic nitrogens is 4. The molecule has 0 aliphatic rings. The Bertz CT molecular complexity index is 1070. The second kappa shape index (κ2) is 9.47. The van der Waals surface area contributed by atoms with E-state index in [-0.39, 0.29) is 18.0 Å². The van der Waals surface area contributed by atoms with Gasteiger partial charge in [-0.1, -0.05) is 17.8 Å². The number of anilines is 2. The van der Waals surface area contributed by atoms with Gasteiger partial charge >= 0.3 is 6.18 Å². The number of thioether (sulfide) groups is 1. The zero-order chi connectivity index (χ0) is 22.6. The van der Waals surface area contributed by atoms with Crippen LogP contribution in [0.4, 0.5) is 24.0 Å². The summed E-state index contributed by atoms with van der Waals surface area (Å²) in [5.74, 6) is -0.493. The van der Waals surface area contributed by atoms with E-state index in [0.29, 0.717) is 16.1 Å². The van der Waals surface area contributed by atoms with Gasteiger partial charge in [-0.25, -0.2) is 4.98 Å². The molecule has 0 saturated heterocycles. The van der Waals surface area contributed by atoms with E-state index in [0.717, 1.165) is 23.9 Å². The maximum atomic E-state index is 12.8. The van der Waals surface area contributed by atoms with Gasteiger partial charge in [-0.2, -0.15) is 13.2 Å². The SMILES string of the molecule is CC(Sc1nnc(CC(=O)Nc2cccc(C(F)(F)F)c2)n1C)C(=O)Nc1nccs1. The highest BCUT2D eigenvalue weighted by Crippen LogP contribution is 2.30. The van der Waals surface area contributed by atoms with Gasteiger partial charge in [-0.05, 0) is 25.1 Å². The van der Waals surface area contributed by atoms with Crippen molar-refractivity contribution in [2.24, 2.45) is 7.05 Å². The summed E-state index contributed by atoms with van der Waals surface area (Å²) in [6.45, 7) is 1.70. The molecule has 0 spiro atoms. The maximum Gasteiger partial charge on any atom is 0.416 e. The van der Waals surface area contributed by atoms with Gasteiger partial charge in [0.05, 0.1) is 17.2 Å². The van der Waals surface area contributed by atoms with Crippen LogP contribution in [0.2, 0.25) is 0 Å². The van der Waals surface area contributed by atoms with Crippen LogP contribution in [0.15, 0.2) is 41.0 Å². The van der Waals surface area contributed by atoms with Crippen molar-refractivity contribution in [2.75, 3.05) is 10.6 Å². The zero-order valence-electron chi connectivity index (χ0n) is 16.3. The van der Waals surface area contributed by atoms with E-state index in [1.807, 2.05) is 0 Å². The van der Waals surface area contributed by atoms with Gasteiger partial charge in [0.2, 0.25) is 11.8 Å². The summed E-state index contributed by atoms with van der Waals surface area (Å²) < 4.78 is 40.0. The first-order valence-corrected chi connectivity index (χ1v) is 10.6. The molecule has 0 fully saturated rings. The molecule has 13 heteroatoms. The number of amides is 2. The van der Waals surface area contributed by atoms with Crippen LogP contribution in [0, 0.1) is 0 Å². The Labute approximate surface area is 183 Å². The quantitative estimate of drug-likeness (QED) is 0.512. The number of rotatable bonds is 7. The molecule has 1 aromatic carbocycles. The van der Waals surface area contributed by atoms with E-state index in [4.69, 9.17) is 0 Å². The number of halogens is 3. The Kier molecular flexibility index (Phi) is 6.95. The van der Waals surface area contributed by atoms with Crippen LogP contribution in [-0.4, -0.2) is 36.8 Å². The lowest BCUT2D eigenvalue weighted by molar-refractivity contribution is -0.137. The first-order chi connectivity index (χ1) is 14.6. The number of carbonyl (C=O) groups is 2. The van der Waals surface area contributed by atoms with Crippen molar-refractivity contribution < 1.29 is 22.8 Å². The summed E-state index contributed by atoms with van der Waals surface area (Å²) in [6.07, 6.45) is -3.11. The average Bonchev–Trinajstić information content (AvgIpc) is 3.32. The van der Waals surface area contributed by atoms with Crippen LogP contribution in [0.1, 0.15) is 18.3 Å². The molecule has 2 aromatic heterocycles. The van der Waals surface area contributed by atoms with Gasteiger partial charge in [0, 0.05) is 24.3 Å². The van der Waals surface area contributed by atoms with Crippen molar-refractivity contribution in [1.29, 1.82) is 0 Å². The smallest absolute Gasteiger partial charge is 0.326 e. The molecule has 0 aliphatic carbocycles. The van der Waals surface area contributed by atoms with E-state index in [9.17, 15) is 22.8 Å². The van der Waals surface area contributed by atoms with Gasteiger partial charge in [0.25, 0.3) is 0 Å². The van der Waals surface area contributed by atoms with E-state index in [1.54, 1.807) is 30.1 Å². The number of alkyl halides is 3. The van der Waals surface area contributed by atoms with Crippen molar-refractivity contribution >= 4 is 45.7 Å². The predicted molar refractivity (Wildman–Crippen MR) is 111 cm³/mol. The highest BCUT2D eigenvalue weighted by Gasteiger charge is 2.30. The van der Waals surface area contributed by atoms with Crippen molar-refractivity contribution in [3.8, 4) is 0 Å². The molecule has 0 radical (unpaired) electrons. The van der Waals surface area contributed by atoms with E-state index in [1.165, 1.54) is 23.5 Å². The molecule has 1 unspecified atom stereocenters. The Morgan fingerprint density at radius 1 is 1.26 bits per heavy atom. The maximum absolute atomic E-state index is 12.8. The minimum absolute atomic E-state index is 0.0315. The lowest BCUT2D eigenvalue weighted by Crippen LogP contribution is -2.22. The Morgan fingerprint density at radius 3 is 2.71 bits per heavy atom. The second-order valence-corrected chi connectivity index (χ2v) is 8.55. The molecular formula is C18H17F3N6O2S2. The van der Waals surface area contributed by atoms with Gasteiger partial charge in [0.1, 0.15) is 5.82 Å². The summed E-state index contributed by atoms with van der Waals surface area (Å²) >= 11 is 2.45. The van der Waals surface area contributed by atoms with Gasteiger partial charge in [-0.15, -0.1) is 21.5 Å². The van der Waals surface area contributed by atoms with Crippen molar-refractivity contribution in [3.63, 3.8) is 0 Å². The third kappa shape index (κ3) is 6.04. The topological polar surface area (TPSA) is 102 Å². The van der Waals surface area contributed by atoms with Crippen LogP contribution >= 0.6 is 23.1 Å². The van der Waals surface area contributed by atoms with Crippen LogP contribution in [0.3, 0.4) is 0 Å². The van der Waals surface area contributed by atoms with Crippen molar-refractivity contribution in [1.82, 2.24) is 19.7 Å². The highest BCUT2D eigenvalue weighted by molar-refractivity contribution is 8.00. The van der Waals surface area contributed by atoms with Crippen LogP contribution in [-0.2, 0) is 29.2 Å². The molecule has 164 valence electrons. The number of carbonyl (C=O) groups excluding carboxylic acids is 2. The molecule has 2 N–H and O–H groups in total. The largest absolute Gasteiger partial charge is 0.416 e. The molecule has 31 heavy (non-hydrogen) atoms. The monoisotopic (exact) mass is 470 g/mol. The number of hydrogen-bond donors (Lipinski definition) is 2. The molecule has 0 aliphatic heterocycles. The Balaban J connectivity index is 1.59.